The maximum atomic E-state index is 12.5. The van der Waals surface area contributed by atoms with E-state index in [9.17, 15) is 4.79 Å². The van der Waals surface area contributed by atoms with Crippen molar-refractivity contribution in [1.82, 2.24) is 0 Å². The summed E-state index contributed by atoms with van der Waals surface area (Å²) in [5.41, 5.74) is 0.762. The van der Waals surface area contributed by atoms with E-state index in [-0.39, 0.29) is 11.7 Å². The van der Waals surface area contributed by atoms with Gasteiger partial charge in [-0.25, -0.2) is 0 Å². The molecule has 18 heavy (non-hydrogen) atoms. The molecule has 0 N–H and O–H groups in total. The van der Waals surface area contributed by atoms with E-state index >= 15 is 0 Å². The molecule has 0 saturated carbocycles. The zero-order valence-corrected chi connectivity index (χ0v) is 11.0. The van der Waals surface area contributed by atoms with E-state index in [1.807, 2.05) is 42.7 Å². The van der Waals surface area contributed by atoms with Crippen LogP contribution in [0.5, 0.6) is 5.75 Å². The minimum atomic E-state index is -0.0155. The fourth-order valence-corrected chi connectivity index (χ4v) is 3.07. The summed E-state index contributed by atoms with van der Waals surface area (Å²) in [5.74, 6) is 1.76. The molecule has 2 aromatic carbocycles. The Labute approximate surface area is 110 Å². The number of benzene rings is 2. The first kappa shape index (κ1) is 11.6. The zero-order chi connectivity index (χ0) is 12.5. The first-order chi connectivity index (χ1) is 8.81. The number of rotatable bonds is 2. The fourth-order valence-electron chi connectivity index (χ4n) is 2.42. The summed E-state index contributed by atoms with van der Waals surface area (Å²) in [6.45, 7) is 0.505. The molecular formula is C15H14O2S. The molecule has 1 aliphatic heterocycles. The molecule has 0 radical (unpaired) electrons. The zero-order valence-electron chi connectivity index (χ0n) is 10.2. The average molecular weight is 258 g/mol. The molecule has 2 aromatic rings. The molecule has 92 valence electrons. The number of carbonyl (C=O) groups excluding carboxylic acids is 1. The predicted octanol–water partition coefficient (Wildman–Crippen LogP) is 3.39. The van der Waals surface area contributed by atoms with Crippen LogP contribution in [0.4, 0.5) is 0 Å². The van der Waals surface area contributed by atoms with Crippen molar-refractivity contribution in [2.75, 3.05) is 18.6 Å². The van der Waals surface area contributed by atoms with Gasteiger partial charge in [0.25, 0.3) is 0 Å². The predicted molar refractivity (Wildman–Crippen MR) is 75.6 cm³/mol. The molecule has 0 fully saturated rings. The van der Waals surface area contributed by atoms with Gasteiger partial charge in [0.15, 0.2) is 5.78 Å². The van der Waals surface area contributed by atoms with Gasteiger partial charge in [0.05, 0.1) is 18.1 Å². The van der Waals surface area contributed by atoms with E-state index in [1.54, 1.807) is 11.8 Å². The summed E-state index contributed by atoms with van der Waals surface area (Å²) in [6, 6.07) is 11.9. The van der Waals surface area contributed by atoms with Crippen LogP contribution in [0.3, 0.4) is 0 Å². The van der Waals surface area contributed by atoms with Gasteiger partial charge in [-0.15, -0.1) is 0 Å². The van der Waals surface area contributed by atoms with E-state index in [0.29, 0.717) is 6.61 Å². The normalized spacial score (nSPS) is 18.5. The summed E-state index contributed by atoms with van der Waals surface area (Å²) < 4.78 is 5.73. The molecule has 1 unspecified atom stereocenters. The second-order valence-corrected chi connectivity index (χ2v) is 5.40. The van der Waals surface area contributed by atoms with E-state index in [0.717, 1.165) is 27.8 Å². The lowest BCUT2D eigenvalue weighted by Gasteiger charge is -2.24. The third kappa shape index (κ3) is 1.79. The molecular weight excluding hydrogens is 244 g/mol. The van der Waals surface area contributed by atoms with Gasteiger partial charge in [0.1, 0.15) is 5.75 Å². The van der Waals surface area contributed by atoms with E-state index < -0.39 is 0 Å². The minimum Gasteiger partial charge on any atom is -0.492 e. The van der Waals surface area contributed by atoms with Crippen LogP contribution in [0.1, 0.15) is 10.4 Å². The number of hydrogen-bond donors (Lipinski definition) is 0. The van der Waals surface area contributed by atoms with Crippen molar-refractivity contribution in [3.8, 4) is 5.75 Å². The summed E-state index contributed by atoms with van der Waals surface area (Å²) in [6.07, 6.45) is 2.02. The third-order valence-electron chi connectivity index (χ3n) is 3.32. The average Bonchev–Trinajstić information content (AvgIpc) is 2.41. The lowest BCUT2D eigenvalue weighted by atomic mass is 9.92. The Kier molecular flexibility index (Phi) is 3.00. The standard InChI is InChI=1S/C15H14O2S/c1-18-9-11-8-17-13-7-6-10-4-2-3-5-12(10)14(13)15(11)16/h2-7,11H,8-9H2,1H3. The van der Waals surface area contributed by atoms with Crippen molar-refractivity contribution in [3.05, 3.63) is 42.0 Å². The summed E-state index contributed by atoms with van der Waals surface area (Å²) in [7, 11) is 0. The van der Waals surface area contributed by atoms with Gasteiger partial charge in [-0.1, -0.05) is 30.3 Å². The number of hydrogen-bond acceptors (Lipinski definition) is 3. The number of ketones is 1. The summed E-state index contributed by atoms with van der Waals surface area (Å²) >= 11 is 1.69. The third-order valence-corrected chi connectivity index (χ3v) is 4.05. The van der Waals surface area contributed by atoms with E-state index in [1.165, 1.54) is 0 Å². The molecule has 0 amide bonds. The molecule has 1 heterocycles. The Morgan fingerprint density at radius 1 is 1.28 bits per heavy atom. The molecule has 0 saturated heterocycles. The van der Waals surface area contributed by atoms with Crippen molar-refractivity contribution >= 4 is 28.3 Å². The van der Waals surface area contributed by atoms with E-state index in [4.69, 9.17) is 4.74 Å². The number of thioether (sulfide) groups is 1. The number of carbonyl (C=O) groups is 1. The van der Waals surface area contributed by atoms with Crippen LogP contribution in [0.15, 0.2) is 36.4 Å². The van der Waals surface area contributed by atoms with Gasteiger partial charge < -0.3 is 4.74 Å². The Bertz CT molecular complexity index is 606. The van der Waals surface area contributed by atoms with Crippen LogP contribution in [0.25, 0.3) is 10.8 Å². The number of Topliss-reactive ketones (excluding diaryl/α,β-unsaturated/α-hetero) is 1. The van der Waals surface area contributed by atoms with Crippen LogP contribution < -0.4 is 4.74 Å². The van der Waals surface area contributed by atoms with Crippen molar-refractivity contribution in [3.63, 3.8) is 0 Å². The van der Waals surface area contributed by atoms with Crippen LogP contribution >= 0.6 is 11.8 Å². The van der Waals surface area contributed by atoms with Gasteiger partial charge in [0, 0.05) is 5.75 Å². The van der Waals surface area contributed by atoms with Gasteiger partial charge >= 0.3 is 0 Å². The van der Waals surface area contributed by atoms with Crippen LogP contribution in [-0.4, -0.2) is 24.4 Å². The largest absolute Gasteiger partial charge is 0.492 e. The first-order valence-corrected chi connectivity index (χ1v) is 7.38. The molecule has 0 bridgehead atoms. The first-order valence-electron chi connectivity index (χ1n) is 5.99. The lowest BCUT2D eigenvalue weighted by molar-refractivity contribution is 0.0856. The highest BCUT2D eigenvalue weighted by atomic mass is 32.2. The maximum absolute atomic E-state index is 12.5. The summed E-state index contributed by atoms with van der Waals surface area (Å²) in [5, 5.41) is 2.10. The Morgan fingerprint density at radius 2 is 2.11 bits per heavy atom. The highest BCUT2D eigenvalue weighted by Gasteiger charge is 2.29. The second kappa shape index (κ2) is 4.65. The van der Waals surface area contributed by atoms with Crippen molar-refractivity contribution in [1.29, 1.82) is 0 Å². The summed E-state index contributed by atoms with van der Waals surface area (Å²) in [4.78, 5) is 12.5. The molecule has 3 heteroatoms. The Hall–Kier alpha value is -1.48. The van der Waals surface area contributed by atoms with Gasteiger partial charge in [0.2, 0.25) is 0 Å². The SMILES string of the molecule is CSCC1COc2ccc3ccccc3c2C1=O. The van der Waals surface area contributed by atoms with Crippen molar-refractivity contribution in [2.45, 2.75) is 0 Å². The minimum absolute atomic E-state index is 0.0155. The Morgan fingerprint density at radius 3 is 2.94 bits per heavy atom. The van der Waals surface area contributed by atoms with Gasteiger partial charge in [-0.2, -0.15) is 11.8 Å². The highest BCUT2D eigenvalue weighted by Crippen LogP contribution is 2.34. The Balaban J connectivity index is 2.17. The fraction of sp³-hybridized carbons (Fsp3) is 0.267. The second-order valence-electron chi connectivity index (χ2n) is 4.49. The van der Waals surface area contributed by atoms with E-state index in [2.05, 4.69) is 0 Å². The van der Waals surface area contributed by atoms with Crippen molar-refractivity contribution < 1.29 is 9.53 Å². The number of ether oxygens (including phenoxy) is 1. The molecule has 0 spiro atoms. The molecule has 1 aliphatic rings. The van der Waals surface area contributed by atoms with Crippen LogP contribution in [0.2, 0.25) is 0 Å². The monoisotopic (exact) mass is 258 g/mol. The number of fused-ring (bicyclic) bond motifs is 3. The van der Waals surface area contributed by atoms with Crippen LogP contribution in [0, 0.1) is 5.92 Å². The lowest BCUT2D eigenvalue weighted by Crippen LogP contribution is -2.29. The molecule has 0 aliphatic carbocycles. The van der Waals surface area contributed by atoms with Crippen LogP contribution in [-0.2, 0) is 0 Å². The molecule has 2 nitrogen and oxygen atoms in total. The smallest absolute Gasteiger partial charge is 0.174 e. The molecule has 1 atom stereocenters. The molecule has 0 aromatic heterocycles. The molecule has 3 rings (SSSR count). The topological polar surface area (TPSA) is 26.3 Å². The van der Waals surface area contributed by atoms with Gasteiger partial charge in [-0.3, -0.25) is 4.79 Å². The van der Waals surface area contributed by atoms with Gasteiger partial charge in [-0.05, 0) is 23.1 Å². The quantitative estimate of drug-likeness (QED) is 0.826. The highest BCUT2D eigenvalue weighted by molar-refractivity contribution is 7.98. The maximum Gasteiger partial charge on any atom is 0.174 e. The van der Waals surface area contributed by atoms with Crippen molar-refractivity contribution in [2.24, 2.45) is 5.92 Å².